The van der Waals surface area contributed by atoms with Gasteiger partial charge in [-0.05, 0) is 12.5 Å². The summed E-state index contributed by atoms with van der Waals surface area (Å²) in [6.45, 7) is 0.341. The van der Waals surface area contributed by atoms with Crippen molar-refractivity contribution in [1.29, 1.82) is 0 Å². The van der Waals surface area contributed by atoms with Crippen molar-refractivity contribution in [2.24, 2.45) is 12.8 Å². The molecule has 0 fully saturated rings. The van der Waals surface area contributed by atoms with Crippen LogP contribution in [-0.2, 0) is 23.1 Å². The summed E-state index contributed by atoms with van der Waals surface area (Å²) >= 11 is 0. The van der Waals surface area contributed by atoms with E-state index in [1.54, 1.807) is 17.9 Å². The molecule has 0 aliphatic heterocycles. The lowest BCUT2D eigenvalue weighted by molar-refractivity contribution is -0.139. The fraction of sp³-hybridized carbons (Fsp3) is 0.500. The molecule has 1 aromatic heterocycles. The molecule has 9 heteroatoms. The van der Waals surface area contributed by atoms with Gasteiger partial charge in [0.15, 0.2) is 0 Å². The van der Waals surface area contributed by atoms with Crippen LogP contribution in [0.2, 0.25) is 0 Å². The highest BCUT2D eigenvalue weighted by Gasteiger charge is 2.20. The van der Waals surface area contributed by atoms with Crippen molar-refractivity contribution in [3.05, 3.63) is 18.0 Å². The van der Waals surface area contributed by atoms with Gasteiger partial charge >= 0.3 is 12.0 Å². The number of hydrogen-bond donors (Lipinski definition) is 4. The standard InChI is InChI=1S/C12H19N5O4/c1-17-8(5-7-15-17)4-6-14-12(21)16-9(11(19)20)2-3-10(13)18/h5,7,9H,2-4,6H2,1H3,(H2,13,18)(H,19,20)(H2,14,16,21). The van der Waals surface area contributed by atoms with E-state index in [0.717, 1.165) is 5.69 Å². The van der Waals surface area contributed by atoms with Crippen LogP contribution in [-0.4, -0.2) is 45.4 Å². The predicted molar refractivity (Wildman–Crippen MR) is 73.3 cm³/mol. The summed E-state index contributed by atoms with van der Waals surface area (Å²) in [4.78, 5) is 33.2. The van der Waals surface area contributed by atoms with Crippen molar-refractivity contribution in [1.82, 2.24) is 20.4 Å². The summed E-state index contributed by atoms with van der Waals surface area (Å²) in [6.07, 6.45) is 2.08. The summed E-state index contributed by atoms with van der Waals surface area (Å²) in [5.41, 5.74) is 5.90. The second kappa shape index (κ2) is 7.88. The van der Waals surface area contributed by atoms with E-state index in [2.05, 4.69) is 15.7 Å². The fourth-order valence-corrected chi connectivity index (χ4v) is 1.70. The van der Waals surface area contributed by atoms with E-state index in [0.29, 0.717) is 13.0 Å². The number of carboxylic acids is 1. The zero-order chi connectivity index (χ0) is 15.8. The van der Waals surface area contributed by atoms with Crippen LogP contribution in [0.5, 0.6) is 0 Å². The monoisotopic (exact) mass is 297 g/mol. The molecule has 0 aliphatic rings. The molecule has 1 unspecified atom stereocenters. The second-order valence-corrected chi connectivity index (χ2v) is 4.49. The lowest BCUT2D eigenvalue weighted by Gasteiger charge is -2.14. The zero-order valence-electron chi connectivity index (χ0n) is 11.7. The number of amides is 3. The Hall–Kier alpha value is -2.58. The van der Waals surface area contributed by atoms with Gasteiger partial charge in [-0.25, -0.2) is 9.59 Å². The van der Waals surface area contributed by atoms with Crippen LogP contribution >= 0.6 is 0 Å². The number of urea groups is 1. The van der Waals surface area contributed by atoms with Gasteiger partial charge in [0.05, 0.1) is 0 Å². The summed E-state index contributed by atoms with van der Waals surface area (Å²) in [7, 11) is 1.79. The molecule has 0 bridgehead atoms. The zero-order valence-corrected chi connectivity index (χ0v) is 11.7. The first-order valence-electron chi connectivity index (χ1n) is 6.42. The van der Waals surface area contributed by atoms with Crippen LogP contribution in [0.3, 0.4) is 0 Å². The number of nitrogens with one attached hydrogen (secondary N) is 2. The number of aromatic nitrogens is 2. The minimum absolute atomic E-state index is 0.0418. The Balaban J connectivity index is 2.34. The second-order valence-electron chi connectivity index (χ2n) is 4.49. The molecule has 1 atom stereocenters. The number of hydrogen-bond acceptors (Lipinski definition) is 4. The van der Waals surface area contributed by atoms with Gasteiger partial charge in [0.25, 0.3) is 0 Å². The van der Waals surface area contributed by atoms with Crippen LogP contribution in [0.4, 0.5) is 4.79 Å². The number of nitrogens with two attached hydrogens (primary N) is 1. The van der Waals surface area contributed by atoms with Crippen LogP contribution in [0.25, 0.3) is 0 Å². The van der Waals surface area contributed by atoms with Gasteiger partial charge in [0, 0.05) is 38.3 Å². The minimum Gasteiger partial charge on any atom is -0.480 e. The molecule has 0 radical (unpaired) electrons. The summed E-state index contributed by atoms with van der Waals surface area (Å²) in [6, 6.07) is 0.0789. The molecular weight excluding hydrogens is 278 g/mol. The van der Waals surface area contributed by atoms with Crippen molar-refractivity contribution in [2.45, 2.75) is 25.3 Å². The maximum atomic E-state index is 11.6. The summed E-state index contributed by atoms with van der Waals surface area (Å²) in [5.74, 6) is -1.82. The molecule has 1 aromatic rings. The van der Waals surface area contributed by atoms with Crippen molar-refractivity contribution < 1.29 is 19.5 Å². The lowest BCUT2D eigenvalue weighted by atomic mass is 10.1. The first-order chi connectivity index (χ1) is 9.90. The van der Waals surface area contributed by atoms with E-state index in [-0.39, 0.29) is 12.8 Å². The van der Waals surface area contributed by atoms with Crippen LogP contribution in [0, 0.1) is 0 Å². The molecule has 21 heavy (non-hydrogen) atoms. The SMILES string of the molecule is Cn1nccc1CCNC(=O)NC(CCC(N)=O)C(=O)O. The van der Waals surface area contributed by atoms with Crippen molar-refractivity contribution >= 4 is 17.9 Å². The van der Waals surface area contributed by atoms with Gasteiger partial charge in [-0.3, -0.25) is 9.48 Å². The van der Waals surface area contributed by atoms with E-state index in [1.807, 2.05) is 6.07 Å². The first kappa shape index (κ1) is 16.5. The smallest absolute Gasteiger partial charge is 0.326 e. The maximum Gasteiger partial charge on any atom is 0.326 e. The molecule has 0 saturated carbocycles. The fourth-order valence-electron chi connectivity index (χ4n) is 1.70. The molecule has 0 spiro atoms. The van der Waals surface area contributed by atoms with Gasteiger partial charge in [-0.2, -0.15) is 5.10 Å². The van der Waals surface area contributed by atoms with E-state index >= 15 is 0 Å². The molecule has 1 heterocycles. The molecule has 0 saturated heterocycles. The minimum atomic E-state index is -1.21. The predicted octanol–water partition coefficient (Wildman–Crippen LogP) is -1.02. The largest absolute Gasteiger partial charge is 0.480 e. The number of carbonyl (C=O) groups is 3. The third kappa shape index (κ3) is 5.93. The van der Waals surface area contributed by atoms with E-state index < -0.39 is 23.9 Å². The van der Waals surface area contributed by atoms with Crippen LogP contribution in [0.1, 0.15) is 18.5 Å². The number of aliphatic carboxylic acids is 1. The Morgan fingerprint density at radius 3 is 2.71 bits per heavy atom. The number of nitrogens with zero attached hydrogens (tertiary/aromatic N) is 2. The number of carbonyl (C=O) groups excluding carboxylic acids is 2. The Bertz CT molecular complexity index is 514. The number of carboxylic acid groups (broad SMARTS) is 1. The van der Waals surface area contributed by atoms with Crippen molar-refractivity contribution in [2.75, 3.05) is 6.54 Å². The summed E-state index contributed by atoms with van der Waals surface area (Å²) < 4.78 is 1.69. The third-order valence-corrected chi connectivity index (χ3v) is 2.87. The Morgan fingerprint density at radius 1 is 1.48 bits per heavy atom. The van der Waals surface area contributed by atoms with E-state index in [4.69, 9.17) is 10.8 Å². The van der Waals surface area contributed by atoms with Crippen LogP contribution < -0.4 is 16.4 Å². The molecule has 1 rings (SSSR count). The van der Waals surface area contributed by atoms with Gasteiger partial charge in [0.2, 0.25) is 5.91 Å². The van der Waals surface area contributed by atoms with E-state index in [9.17, 15) is 14.4 Å². The van der Waals surface area contributed by atoms with Gasteiger partial charge in [-0.1, -0.05) is 0 Å². The first-order valence-corrected chi connectivity index (χ1v) is 6.42. The molecule has 5 N–H and O–H groups in total. The normalized spacial score (nSPS) is 11.7. The van der Waals surface area contributed by atoms with Crippen molar-refractivity contribution in [3.8, 4) is 0 Å². The molecule has 116 valence electrons. The molecule has 9 nitrogen and oxygen atoms in total. The highest BCUT2D eigenvalue weighted by atomic mass is 16.4. The van der Waals surface area contributed by atoms with Gasteiger partial charge < -0.3 is 21.5 Å². The molecular formula is C12H19N5O4. The highest BCUT2D eigenvalue weighted by Crippen LogP contribution is 1.98. The third-order valence-electron chi connectivity index (χ3n) is 2.87. The molecule has 0 aromatic carbocycles. The molecule has 0 aliphatic carbocycles. The Morgan fingerprint density at radius 2 is 2.19 bits per heavy atom. The topological polar surface area (TPSA) is 139 Å². The summed E-state index contributed by atoms with van der Waals surface area (Å²) in [5, 5.41) is 17.8. The lowest BCUT2D eigenvalue weighted by Crippen LogP contribution is -2.46. The van der Waals surface area contributed by atoms with Crippen molar-refractivity contribution in [3.63, 3.8) is 0 Å². The van der Waals surface area contributed by atoms with Gasteiger partial charge in [-0.15, -0.1) is 0 Å². The average molecular weight is 297 g/mol. The maximum absolute atomic E-state index is 11.6. The Kier molecular flexibility index (Phi) is 6.18. The number of rotatable bonds is 8. The van der Waals surface area contributed by atoms with Crippen LogP contribution in [0.15, 0.2) is 12.3 Å². The molecule has 3 amide bonds. The average Bonchev–Trinajstić information content (AvgIpc) is 2.79. The number of aryl methyl sites for hydroxylation is 1. The highest BCUT2D eigenvalue weighted by molar-refractivity contribution is 5.83. The Labute approximate surface area is 121 Å². The van der Waals surface area contributed by atoms with Gasteiger partial charge in [0.1, 0.15) is 6.04 Å². The number of primary amides is 1. The van der Waals surface area contributed by atoms with E-state index in [1.165, 1.54) is 0 Å². The quantitative estimate of drug-likeness (QED) is 0.486.